The highest BCUT2D eigenvalue weighted by molar-refractivity contribution is 7.09. The number of hydrogen-bond donors (Lipinski definition) is 1. The Morgan fingerprint density at radius 3 is 2.33 bits per heavy atom. The zero-order valence-corrected chi connectivity index (χ0v) is 8.58. The van der Waals surface area contributed by atoms with Crippen LogP contribution in [0, 0.1) is 0 Å². The third kappa shape index (κ3) is 1.18. The van der Waals surface area contributed by atoms with Crippen LogP contribution in [0.2, 0.25) is 0 Å². The molecule has 15 heavy (non-hydrogen) atoms. The van der Waals surface area contributed by atoms with Gasteiger partial charge in [0.2, 0.25) is 0 Å². The molecule has 0 atom stereocenters. The molecule has 6 heteroatoms. The van der Waals surface area contributed by atoms with E-state index in [1.54, 1.807) is 0 Å². The number of aromatic nitrogens is 1. The van der Waals surface area contributed by atoms with Gasteiger partial charge in [0.25, 0.3) is 0 Å². The molecule has 3 fully saturated rings. The standard InChI is InChI=1S/C9H9F3N2S/c10-9(11,12)5-1-15-6(14-5)7-2-8(13,3-7)4-7/h1H,2-4,13H2. The van der Waals surface area contributed by atoms with Crippen molar-refractivity contribution in [3.63, 3.8) is 0 Å². The molecule has 3 saturated carbocycles. The Kier molecular flexibility index (Phi) is 1.52. The Morgan fingerprint density at radius 1 is 1.33 bits per heavy atom. The highest BCUT2D eigenvalue weighted by atomic mass is 32.1. The van der Waals surface area contributed by atoms with Crippen LogP contribution in [0.15, 0.2) is 5.38 Å². The van der Waals surface area contributed by atoms with Crippen molar-refractivity contribution in [2.45, 2.75) is 36.4 Å². The molecule has 0 amide bonds. The van der Waals surface area contributed by atoms with Gasteiger partial charge in [0.05, 0.1) is 5.01 Å². The molecule has 1 aromatic heterocycles. The molecule has 0 aliphatic heterocycles. The van der Waals surface area contributed by atoms with Crippen molar-refractivity contribution >= 4 is 11.3 Å². The number of thiazole rings is 1. The molecule has 3 aliphatic rings. The fourth-order valence-electron chi connectivity index (χ4n) is 2.74. The van der Waals surface area contributed by atoms with Gasteiger partial charge in [-0.15, -0.1) is 11.3 Å². The lowest BCUT2D eigenvalue weighted by Crippen LogP contribution is -2.74. The quantitative estimate of drug-likeness (QED) is 0.809. The zero-order valence-electron chi connectivity index (χ0n) is 7.77. The van der Waals surface area contributed by atoms with Crippen molar-refractivity contribution in [2.24, 2.45) is 5.73 Å². The lowest BCUT2D eigenvalue weighted by atomic mass is 9.40. The molecule has 1 heterocycles. The minimum absolute atomic E-state index is 0.0932. The number of rotatable bonds is 1. The van der Waals surface area contributed by atoms with E-state index in [2.05, 4.69) is 4.98 Å². The summed E-state index contributed by atoms with van der Waals surface area (Å²) in [4.78, 5) is 3.68. The summed E-state index contributed by atoms with van der Waals surface area (Å²) in [5.74, 6) is 0. The first-order valence-corrected chi connectivity index (χ1v) is 5.53. The van der Waals surface area contributed by atoms with Crippen molar-refractivity contribution in [2.75, 3.05) is 0 Å². The normalized spacial score (nSPS) is 38.4. The minimum Gasteiger partial charge on any atom is -0.325 e. The van der Waals surface area contributed by atoms with Crippen LogP contribution in [0.5, 0.6) is 0 Å². The van der Waals surface area contributed by atoms with Crippen molar-refractivity contribution in [1.82, 2.24) is 4.98 Å². The highest BCUT2D eigenvalue weighted by Crippen LogP contribution is 2.66. The van der Waals surface area contributed by atoms with E-state index in [0.29, 0.717) is 5.01 Å². The molecular weight excluding hydrogens is 225 g/mol. The van der Waals surface area contributed by atoms with E-state index in [0.717, 1.165) is 36.0 Å². The summed E-state index contributed by atoms with van der Waals surface area (Å²) < 4.78 is 37.0. The summed E-state index contributed by atoms with van der Waals surface area (Å²) in [5, 5.41) is 1.71. The van der Waals surface area contributed by atoms with Gasteiger partial charge in [-0.2, -0.15) is 13.2 Å². The molecule has 0 aromatic carbocycles. The van der Waals surface area contributed by atoms with E-state index in [1.807, 2.05) is 0 Å². The van der Waals surface area contributed by atoms with Gasteiger partial charge in [-0.05, 0) is 19.3 Å². The van der Waals surface area contributed by atoms with Crippen LogP contribution in [0.25, 0.3) is 0 Å². The highest BCUT2D eigenvalue weighted by Gasteiger charge is 2.68. The molecule has 82 valence electrons. The molecule has 2 bridgehead atoms. The van der Waals surface area contributed by atoms with Crippen LogP contribution < -0.4 is 5.73 Å². The van der Waals surface area contributed by atoms with E-state index in [9.17, 15) is 13.2 Å². The molecule has 3 aliphatic carbocycles. The third-order valence-corrected chi connectivity index (χ3v) is 4.41. The van der Waals surface area contributed by atoms with Gasteiger partial charge in [0.1, 0.15) is 0 Å². The lowest BCUT2D eigenvalue weighted by molar-refractivity contribution is -0.141. The third-order valence-electron chi connectivity index (χ3n) is 3.32. The Hall–Kier alpha value is -0.620. The van der Waals surface area contributed by atoms with Crippen molar-refractivity contribution < 1.29 is 13.2 Å². The van der Waals surface area contributed by atoms with Crippen molar-refractivity contribution in [3.8, 4) is 0 Å². The summed E-state index contributed by atoms with van der Waals surface area (Å²) in [7, 11) is 0. The fraction of sp³-hybridized carbons (Fsp3) is 0.667. The molecular formula is C9H9F3N2S. The molecule has 1 aromatic rings. The van der Waals surface area contributed by atoms with Gasteiger partial charge in [-0.3, -0.25) is 0 Å². The van der Waals surface area contributed by atoms with Crippen LogP contribution in [0.3, 0.4) is 0 Å². The maximum atomic E-state index is 12.3. The summed E-state index contributed by atoms with van der Waals surface area (Å²) in [5.41, 5.74) is 4.89. The average molecular weight is 234 g/mol. The number of hydrogen-bond acceptors (Lipinski definition) is 3. The second-order valence-corrected chi connectivity index (χ2v) is 5.57. The van der Waals surface area contributed by atoms with Crippen LogP contribution in [-0.2, 0) is 11.6 Å². The molecule has 0 saturated heterocycles. The number of nitrogens with two attached hydrogens (primary N) is 1. The SMILES string of the molecule is NC12CC(c3nc(C(F)(F)F)cs3)(C1)C2. The molecule has 0 unspecified atom stereocenters. The van der Waals surface area contributed by atoms with Gasteiger partial charge in [0, 0.05) is 16.3 Å². The van der Waals surface area contributed by atoms with Crippen LogP contribution in [0.4, 0.5) is 13.2 Å². The van der Waals surface area contributed by atoms with E-state index >= 15 is 0 Å². The van der Waals surface area contributed by atoms with Gasteiger partial charge in [-0.1, -0.05) is 0 Å². The van der Waals surface area contributed by atoms with Crippen molar-refractivity contribution in [1.29, 1.82) is 0 Å². The number of alkyl halides is 3. The topological polar surface area (TPSA) is 38.9 Å². The largest absolute Gasteiger partial charge is 0.434 e. The Bertz CT molecular complexity index is 403. The summed E-state index contributed by atoms with van der Waals surface area (Å²) in [6, 6.07) is 0. The van der Waals surface area contributed by atoms with E-state index < -0.39 is 11.9 Å². The molecule has 2 N–H and O–H groups in total. The smallest absolute Gasteiger partial charge is 0.325 e. The van der Waals surface area contributed by atoms with Gasteiger partial charge < -0.3 is 5.73 Å². The maximum Gasteiger partial charge on any atom is 0.434 e. The second kappa shape index (κ2) is 2.38. The Morgan fingerprint density at radius 2 is 1.93 bits per heavy atom. The van der Waals surface area contributed by atoms with Crippen molar-refractivity contribution in [3.05, 3.63) is 16.1 Å². The lowest BCUT2D eigenvalue weighted by Gasteiger charge is -2.68. The van der Waals surface area contributed by atoms with Crippen LogP contribution in [-0.4, -0.2) is 10.5 Å². The average Bonchev–Trinajstić information content (AvgIpc) is 2.43. The Balaban J connectivity index is 1.87. The fourth-order valence-corrected chi connectivity index (χ4v) is 3.77. The van der Waals surface area contributed by atoms with E-state index in [1.165, 1.54) is 0 Å². The predicted molar refractivity (Wildman–Crippen MR) is 49.6 cm³/mol. The zero-order chi connectivity index (χ0) is 10.9. The van der Waals surface area contributed by atoms with Gasteiger partial charge >= 0.3 is 6.18 Å². The minimum atomic E-state index is -4.32. The molecule has 4 rings (SSSR count). The number of halogens is 3. The second-order valence-electron chi connectivity index (χ2n) is 4.71. The predicted octanol–water partition coefficient (Wildman–Crippen LogP) is 2.29. The molecule has 0 radical (unpaired) electrons. The summed E-state index contributed by atoms with van der Waals surface area (Å²) >= 11 is 1.11. The van der Waals surface area contributed by atoms with Crippen LogP contribution >= 0.6 is 11.3 Å². The first-order chi connectivity index (χ1) is 6.83. The van der Waals surface area contributed by atoms with E-state index in [4.69, 9.17) is 5.73 Å². The maximum absolute atomic E-state index is 12.3. The molecule has 2 nitrogen and oxygen atoms in total. The summed E-state index contributed by atoms with van der Waals surface area (Å²) in [6.07, 6.45) is -1.93. The van der Waals surface area contributed by atoms with Gasteiger partial charge in [0.15, 0.2) is 5.69 Å². The first-order valence-electron chi connectivity index (χ1n) is 4.65. The van der Waals surface area contributed by atoms with Crippen LogP contribution in [0.1, 0.15) is 30.0 Å². The monoisotopic (exact) mass is 234 g/mol. The first kappa shape index (κ1) is 9.59. The Labute approximate surface area is 88.3 Å². The summed E-state index contributed by atoms with van der Waals surface area (Å²) in [6.45, 7) is 0. The van der Waals surface area contributed by atoms with E-state index in [-0.39, 0.29) is 11.0 Å². The molecule has 0 spiro atoms. The number of nitrogens with zero attached hydrogens (tertiary/aromatic N) is 1. The van der Waals surface area contributed by atoms with Gasteiger partial charge in [-0.25, -0.2) is 4.98 Å².